The van der Waals surface area contributed by atoms with E-state index in [0.29, 0.717) is 17.7 Å². The third kappa shape index (κ3) is 4.26. The average molecular weight is 395 g/mol. The number of esters is 1. The number of imide groups is 1. The van der Waals surface area contributed by atoms with Crippen molar-refractivity contribution in [3.8, 4) is 0 Å². The first-order valence-corrected chi connectivity index (χ1v) is 9.16. The Morgan fingerprint density at radius 1 is 1.03 bits per heavy atom. The predicted octanol–water partition coefficient (Wildman–Crippen LogP) is 2.03. The van der Waals surface area contributed by atoms with Gasteiger partial charge in [-0.25, -0.2) is 4.79 Å². The van der Waals surface area contributed by atoms with Gasteiger partial charge in [0.25, 0.3) is 11.8 Å². The lowest BCUT2D eigenvalue weighted by atomic mass is 9.87. The van der Waals surface area contributed by atoms with E-state index in [1.807, 2.05) is 6.07 Å². The molecule has 0 bridgehead atoms. The summed E-state index contributed by atoms with van der Waals surface area (Å²) in [6, 6.07) is 16.9. The molecule has 29 heavy (non-hydrogen) atoms. The fourth-order valence-electron chi connectivity index (χ4n) is 3.17. The molecule has 0 spiro atoms. The molecule has 0 aliphatic carbocycles. The lowest BCUT2D eigenvalue weighted by molar-refractivity contribution is -0.150. The van der Waals surface area contributed by atoms with Gasteiger partial charge in [-0.15, -0.1) is 0 Å². The van der Waals surface area contributed by atoms with Gasteiger partial charge in [0.1, 0.15) is 12.1 Å². The van der Waals surface area contributed by atoms with Crippen molar-refractivity contribution >= 4 is 29.5 Å². The smallest absolute Gasteiger partial charge is 0.326 e. The van der Waals surface area contributed by atoms with Crippen molar-refractivity contribution in [1.29, 1.82) is 0 Å². The first kappa shape index (κ1) is 20.1. The van der Waals surface area contributed by atoms with Gasteiger partial charge in [0.15, 0.2) is 6.61 Å². The van der Waals surface area contributed by atoms with Crippen molar-refractivity contribution in [2.24, 2.45) is 0 Å². The van der Waals surface area contributed by atoms with E-state index in [1.165, 1.54) is 0 Å². The van der Waals surface area contributed by atoms with Gasteiger partial charge in [-0.2, -0.15) is 0 Å². The summed E-state index contributed by atoms with van der Waals surface area (Å²) in [5, 5.41) is 5.26. The molecular formula is C21H21N3O5. The van der Waals surface area contributed by atoms with Crippen LogP contribution in [0.15, 0.2) is 60.7 Å². The van der Waals surface area contributed by atoms with Gasteiger partial charge in [0.2, 0.25) is 0 Å². The molecule has 2 aromatic rings. The Bertz CT molecular complexity index is 916. The molecule has 1 aliphatic rings. The van der Waals surface area contributed by atoms with Gasteiger partial charge >= 0.3 is 12.0 Å². The lowest BCUT2D eigenvalue weighted by Crippen LogP contribution is -2.44. The number of amides is 4. The monoisotopic (exact) mass is 395 g/mol. The molecule has 8 heteroatoms. The van der Waals surface area contributed by atoms with Crippen LogP contribution in [-0.4, -0.2) is 41.9 Å². The zero-order valence-electron chi connectivity index (χ0n) is 15.9. The molecule has 4 amide bonds. The second-order valence-corrected chi connectivity index (χ2v) is 6.52. The number of rotatable bonds is 7. The molecule has 1 fully saturated rings. The molecule has 1 heterocycles. The Morgan fingerprint density at radius 3 is 2.28 bits per heavy atom. The Hall–Kier alpha value is -3.68. The number of hydrogen-bond acceptors (Lipinski definition) is 5. The number of para-hydroxylation sites is 1. The van der Waals surface area contributed by atoms with E-state index in [9.17, 15) is 19.2 Å². The Morgan fingerprint density at radius 2 is 1.66 bits per heavy atom. The van der Waals surface area contributed by atoms with E-state index < -0.39 is 42.5 Å². The first-order valence-electron chi connectivity index (χ1n) is 9.16. The number of benzene rings is 2. The zero-order chi connectivity index (χ0) is 20.9. The molecule has 8 nitrogen and oxygen atoms in total. The van der Waals surface area contributed by atoms with Crippen LogP contribution in [0, 0.1) is 0 Å². The van der Waals surface area contributed by atoms with Crippen LogP contribution in [0.5, 0.6) is 0 Å². The van der Waals surface area contributed by atoms with Crippen LogP contribution in [0.3, 0.4) is 0 Å². The molecule has 1 atom stereocenters. The van der Waals surface area contributed by atoms with Gasteiger partial charge in [-0.3, -0.25) is 19.3 Å². The highest BCUT2D eigenvalue weighted by Gasteiger charge is 2.51. The van der Waals surface area contributed by atoms with Crippen molar-refractivity contribution in [3.05, 3.63) is 66.2 Å². The van der Waals surface area contributed by atoms with E-state index >= 15 is 0 Å². The third-order valence-corrected chi connectivity index (χ3v) is 4.68. The maximum Gasteiger partial charge on any atom is 0.326 e. The van der Waals surface area contributed by atoms with Crippen molar-refractivity contribution in [3.63, 3.8) is 0 Å². The van der Waals surface area contributed by atoms with Crippen molar-refractivity contribution < 1.29 is 23.9 Å². The van der Waals surface area contributed by atoms with Crippen LogP contribution >= 0.6 is 0 Å². The summed E-state index contributed by atoms with van der Waals surface area (Å²) in [4.78, 5) is 50.1. The number of anilines is 1. The molecule has 1 aliphatic heterocycles. The predicted molar refractivity (Wildman–Crippen MR) is 105 cm³/mol. The second-order valence-electron chi connectivity index (χ2n) is 6.52. The summed E-state index contributed by atoms with van der Waals surface area (Å²) in [5.74, 6) is -1.90. The minimum absolute atomic E-state index is 0.326. The fraction of sp³-hybridized carbons (Fsp3) is 0.238. The van der Waals surface area contributed by atoms with Crippen LogP contribution in [0.1, 0.15) is 18.9 Å². The number of nitrogens with one attached hydrogen (secondary N) is 2. The van der Waals surface area contributed by atoms with E-state index in [2.05, 4.69) is 10.6 Å². The number of carbonyl (C=O) groups excluding carboxylic acids is 4. The molecule has 3 rings (SSSR count). The van der Waals surface area contributed by atoms with Crippen molar-refractivity contribution in [2.45, 2.75) is 18.9 Å². The van der Waals surface area contributed by atoms with E-state index in [0.717, 1.165) is 4.90 Å². The topological polar surface area (TPSA) is 105 Å². The van der Waals surface area contributed by atoms with Crippen molar-refractivity contribution in [1.82, 2.24) is 10.2 Å². The summed E-state index contributed by atoms with van der Waals surface area (Å²) in [7, 11) is 0. The average Bonchev–Trinajstić information content (AvgIpc) is 2.99. The summed E-state index contributed by atoms with van der Waals surface area (Å²) in [6.45, 7) is 0.688. The Kier molecular flexibility index (Phi) is 5.92. The van der Waals surface area contributed by atoms with E-state index in [-0.39, 0.29) is 0 Å². The van der Waals surface area contributed by atoms with E-state index in [4.69, 9.17) is 4.74 Å². The van der Waals surface area contributed by atoms with E-state index in [1.54, 1.807) is 61.5 Å². The maximum atomic E-state index is 12.9. The molecule has 1 saturated heterocycles. The zero-order valence-corrected chi connectivity index (χ0v) is 15.9. The van der Waals surface area contributed by atoms with Gasteiger partial charge in [-0.05, 0) is 24.1 Å². The first-order chi connectivity index (χ1) is 14.0. The van der Waals surface area contributed by atoms with Gasteiger partial charge < -0.3 is 15.4 Å². The fourth-order valence-corrected chi connectivity index (χ4v) is 3.17. The standard InChI is InChI=1S/C21H21N3O5/c1-2-21(15-9-5-3-6-10-15)19(27)24(20(28)23-21)13-18(26)29-14-17(25)22-16-11-7-4-8-12-16/h3-12H,2,13-14H2,1H3,(H,22,25)(H,23,28). The number of carbonyl (C=O) groups is 4. The molecule has 0 aromatic heterocycles. The lowest BCUT2D eigenvalue weighted by Gasteiger charge is -2.25. The number of ether oxygens (including phenoxy) is 1. The second kappa shape index (κ2) is 8.55. The highest BCUT2D eigenvalue weighted by Crippen LogP contribution is 2.32. The van der Waals surface area contributed by atoms with Gasteiger partial charge in [0.05, 0.1) is 0 Å². The van der Waals surface area contributed by atoms with Gasteiger partial charge in [0, 0.05) is 5.69 Å². The summed E-state index contributed by atoms with van der Waals surface area (Å²) in [6.07, 6.45) is 0.326. The molecule has 2 aromatic carbocycles. The summed E-state index contributed by atoms with van der Waals surface area (Å²) < 4.78 is 4.92. The van der Waals surface area contributed by atoms with Gasteiger partial charge in [-0.1, -0.05) is 55.5 Å². The minimum Gasteiger partial charge on any atom is -0.454 e. The van der Waals surface area contributed by atoms with Crippen LogP contribution in [0.4, 0.5) is 10.5 Å². The Balaban J connectivity index is 1.59. The normalized spacial score (nSPS) is 18.3. The molecule has 150 valence electrons. The number of hydrogen-bond donors (Lipinski definition) is 2. The molecule has 1 unspecified atom stereocenters. The van der Waals surface area contributed by atoms with Crippen LogP contribution in [0.25, 0.3) is 0 Å². The number of nitrogens with zero attached hydrogens (tertiary/aromatic N) is 1. The highest BCUT2D eigenvalue weighted by atomic mass is 16.5. The Labute approximate surface area is 167 Å². The summed E-state index contributed by atoms with van der Waals surface area (Å²) >= 11 is 0. The van der Waals surface area contributed by atoms with Crippen molar-refractivity contribution in [2.75, 3.05) is 18.5 Å². The molecule has 2 N–H and O–H groups in total. The largest absolute Gasteiger partial charge is 0.454 e. The molecule has 0 saturated carbocycles. The molecule has 0 radical (unpaired) electrons. The highest BCUT2D eigenvalue weighted by molar-refractivity contribution is 6.09. The van der Waals surface area contributed by atoms with Crippen LogP contribution in [0.2, 0.25) is 0 Å². The number of urea groups is 1. The van der Waals surface area contributed by atoms with Crippen LogP contribution < -0.4 is 10.6 Å². The summed E-state index contributed by atoms with van der Waals surface area (Å²) in [5.41, 5.74) is -0.0132. The third-order valence-electron chi connectivity index (χ3n) is 4.68. The minimum atomic E-state index is -1.22. The SMILES string of the molecule is CCC1(c2ccccc2)NC(=O)N(CC(=O)OCC(=O)Nc2ccccc2)C1=O. The van der Waals surface area contributed by atoms with Crippen LogP contribution in [-0.2, 0) is 24.7 Å². The maximum absolute atomic E-state index is 12.9. The quantitative estimate of drug-likeness (QED) is 0.551. The molecular weight excluding hydrogens is 374 g/mol.